The summed E-state index contributed by atoms with van der Waals surface area (Å²) in [6.45, 7) is 7.96. The van der Waals surface area contributed by atoms with E-state index in [0.29, 0.717) is 12.3 Å². The summed E-state index contributed by atoms with van der Waals surface area (Å²) in [6.07, 6.45) is 15.1. The van der Waals surface area contributed by atoms with E-state index in [4.69, 9.17) is 5.11 Å². The number of carboxylic acids is 1. The number of unbranched alkanes of at least 4 members (excludes halogenated alkanes) is 10. The van der Waals surface area contributed by atoms with E-state index in [2.05, 4.69) is 6.92 Å². The lowest BCUT2D eigenvalue weighted by atomic mass is 10.1. The Bertz CT molecular complexity index is 272. The highest BCUT2D eigenvalue weighted by atomic mass is 16.4. The van der Waals surface area contributed by atoms with Crippen molar-refractivity contribution in [1.29, 1.82) is 0 Å². The Morgan fingerprint density at radius 2 is 1.17 bits per heavy atom. The number of Topliss-reactive ketones (excluding diaryl/α,β-unsaturated/α-hetero) is 1. The number of rotatable bonds is 14. The first-order chi connectivity index (χ1) is 10.9. The van der Waals surface area contributed by atoms with Gasteiger partial charge in [-0.15, -0.1) is 0 Å². The summed E-state index contributed by atoms with van der Waals surface area (Å²) in [6, 6.07) is 0. The van der Waals surface area contributed by atoms with Gasteiger partial charge in [0.2, 0.25) is 0 Å². The molecule has 0 rings (SSSR count). The number of carbonyl (C=O) groups excluding carboxylic acids is 1. The Kier molecular flexibility index (Phi) is 20.3. The summed E-state index contributed by atoms with van der Waals surface area (Å²) >= 11 is 0. The Balaban J connectivity index is 0. The maximum Gasteiger partial charge on any atom is 0.303 e. The zero-order chi connectivity index (χ0) is 17.9. The first-order valence-electron chi connectivity index (χ1n) is 9.61. The third-order valence-corrected chi connectivity index (χ3v) is 3.69. The molecule has 0 saturated heterocycles. The zero-order valence-corrected chi connectivity index (χ0v) is 16.0. The first kappa shape index (κ1) is 24.4. The van der Waals surface area contributed by atoms with Crippen molar-refractivity contribution in [3.8, 4) is 0 Å². The van der Waals surface area contributed by atoms with Crippen LogP contribution >= 0.6 is 0 Å². The third-order valence-electron chi connectivity index (χ3n) is 3.69. The van der Waals surface area contributed by atoms with E-state index in [-0.39, 0.29) is 5.78 Å². The average molecular weight is 329 g/mol. The molecule has 0 aromatic rings. The molecule has 0 heterocycles. The van der Waals surface area contributed by atoms with Crippen molar-refractivity contribution in [3.63, 3.8) is 0 Å². The van der Waals surface area contributed by atoms with Gasteiger partial charge in [-0.2, -0.15) is 0 Å². The fraction of sp³-hybridized carbons (Fsp3) is 0.900. The van der Waals surface area contributed by atoms with Crippen LogP contribution in [0.25, 0.3) is 0 Å². The number of hydrogen-bond acceptors (Lipinski definition) is 2. The second-order valence-electron chi connectivity index (χ2n) is 6.98. The summed E-state index contributed by atoms with van der Waals surface area (Å²) in [7, 11) is 0. The molecule has 0 aromatic carbocycles. The lowest BCUT2D eigenvalue weighted by Crippen LogP contribution is -1.95. The number of hydrogen-bond donors (Lipinski definition) is 1. The van der Waals surface area contributed by atoms with Crippen LogP contribution < -0.4 is 0 Å². The molecule has 0 aliphatic carbocycles. The summed E-state index contributed by atoms with van der Waals surface area (Å²) in [5.74, 6) is 0.156. The predicted octanol–water partition coefficient (Wildman–Crippen LogP) is 6.39. The van der Waals surface area contributed by atoms with Crippen LogP contribution in [0.3, 0.4) is 0 Å². The molecule has 0 aliphatic rings. The molecule has 0 bridgehead atoms. The van der Waals surface area contributed by atoms with Crippen LogP contribution in [0, 0.1) is 5.92 Å². The molecular formula is C20H40O3. The fourth-order valence-electron chi connectivity index (χ4n) is 2.52. The van der Waals surface area contributed by atoms with Crippen molar-refractivity contribution < 1.29 is 14.7 Å². The molecule has 0 aromatic heterocycles. The van der Waals surface area contributed by atoms with E-state index in [9.17, 15) is 9.59 Å². The molecule has 3 nitrogen and oxygen atoms in total. The van der Waals surface area contributed by atoms with Crippen molar-refractivity contribution in [3.05, 3.63) is 0 Å². The molecule has 0 amide bonds. The maximum absolute atomic E-state index is 10.3. The molecule has 23 heavy (non-hydrogen) atoms. The Labute approximate surface area is 144 Å². The topological polar surface area (TPSA) is 54.4 Å². The van der Waals surface area contributed by atoms with Gasteiger partial charge >= 0.3 is 5.97 Å². The van der Waals surface area contributed by atoms with E-state index in [1.54, 1.807) is 6.92 Å². The predicted molar refractivity (Wildman–Crippen MR) is 98.8 cm³/mol. The van der Waals surface area contributed by atoms with Crippen molar-refractivity contribution >= 4 is 11.8 Å². The summed E-state index contributed by atoms with van der Waals surface area (Å²) in [5, 5.41) is 8.46. The highest BCUT2D eigenvalue weighted by Gasteiger charge is 1.97. The van der Waals surface area contributed by atoms with Crippen molar-refractivity contribution in [1.82, 2.24) is 0 Å². The quantitative estimate of drug-likeness (QED) is 0.376. The Hall–Kier alpha value is -0.860. The van der Waals surface area contributed by atoms with Crippen molar-refractivity contribution in [2.75, 3.05) is 0 Å². The van der Waals surface area contributed by atoms with Crippen LogP contribution in [0.15, 0.2) is 0 Å². The van der Waals surface area contributed by atoms with Crippen LogP contribution in [0.4, 0.5) is 0 Å². The molecule has 1 N–H and O–H groups in total. The standard InChI is InChI=1S/C14H28O2.C6H12O/c1-2-3-4-5-6-7-8-9-10-11-12-13-14(15)16;1-5(2)4-6(3)7/h2-13H2,1H3,(H,15,16);5H,4H2,1-3H3. The smallest absolute Gasteiger partial charge is 0.303 e. The van der Waals surface area contributed by atoms with E-state index >= 15 is 0 Å². The highest BCUT2D eigenvalue weighted by Crippen LogP contribution is 2.11. The van der Waals surface area contributed by atoms with Gasteiger partial charge in [0, 0.05) is 12.8 Å². The van der Waals surface area contributed by atoms with Gasteiger partial charge in [0.25, 0.3) is 0 Å². The Morgan fingerprint density at radius 1 is 0.783 bits per heavy atom. The van der Waals surface area contributed by atoms with Crippen LogP contribution in [-0.4, -0.2) is 16.9 Å². The monoisotopic (exact) mass is 328 g/mol. The second kappa shape index (κ2) is 19.2. The molecule has 0 aliphatic heterocycles. The third kappa shape index (κ3) is 29.7. The molecule has 0 saturated carbocycles. The minimum Gasteiger partial charge on any atom is -0.481 e. The van der Waals surface area contributed by atoms with Gasteiger partial charge in [0.05, 0.1) is 0 Å². The summed E-state index contributed by atoms with van der Waals surface area (Å²) in [5.41, 5.74) is 0. The van der Waals surface area contributed by atoms with Gasteiger partial charge in [-0.25, -0.2) is 0 Å². The normalized spacial score (nSPS) is 10.3. The maximum atomic E-state index is 10.3. The number of ketones is 1. The van der Waals surface area contributed by atoms with E-state index < -0.39 is 5.97 Å². The van der Waals surface area contributed by atoms with Crippen LogP contribution in [0.1, 0.15) is 111 Å². The number of carbonyl (C=O) groups is 2. The molecule has 138 valence electrons. The van der Waals surface area contributed by atoms with Gasteiger partial charge in [0.15, 0.2) is 0 Å². The zero-order valence-electron chi connectivity index (χ0n) is 16.0. The molecule has 0 spiro atoms. The second-order valence-corrected chi connectivity index (χ2v) is 6.98. The minimum atomic E-state index is -0.657. The van der Waals surface area contributed by atoms with E-state index in [1.807, 2.05) is 13.8 Å². The molecule has 0 radical (unpaired) electrons. The Morgan fingerprint density at radius 3 is 1.43 bits per heavy atom. The van der Waals surface area contributed by atoms with Crippen molar-refractivity contribution in [2.45, 2.75) is 111 Å². The van der Waals surface area contributed by atoms with E-state index in [0.717, 1.165) is 19.3 Å². The molecule has 0 atom stereocenters. The van der Waals surface area contributed by atoms with Gasteiger partial charge in [-0.1, -0.05) is 85.0 Å². The number of aliphatic carboxylic acids is 1. The van der Waals surface area contributed by atoms with Crippen molar-refractivity contribution in [2.24, 2.45) is 5.92 Å². The number of carboxylic acid groups (broad SMARTS) is 1. The van der Waals surface area contributed by atoms with Gasteiger partial charge in [0.1, 0.15) is 5.78 Å². The van der Waals surface area contributed by atoms with Crippen LogP contribution in [0.5, 0.6) is 0 Å². The SMILES string of the molecule is CC(=O)CC(C)C.CCCCCCCCCCCCCC(=O)O. The molecule has 0 unspecified atom stereocenters. The average Bonchev–Trinajstić information content (AvgIpc) is 2.43. The molecule has 0 fully saturated rings. The largest absolute Gasteiger partial charge is 0.481 e. The van der Waals surface area contributed by atoms with Gasteiger partial charge in [-0.05, 0) is 19.3 Å². The van der Waals surface area contributed by atoms with Crippen LogP contribution in [0.2, 0.25) is 0 Å². The fourth-order valence-corrected chi connectivity index (χ4v) is 2.52. The van der Waals surface area contributed by atoms with Crippen LogP contribution in [-0.2, 0) is 9.59 Å². The lowest BCUT2D eigenvalue weighted by molar-refractivity contribution is -0.137. The molecule has 3 heteroatoms. The minimum absolute atomic E-state index is 0.287. The summed E-state index contributed by atoms with van der Waals surface area (Å²) < 4.78 is 0. The highest BCUT2D eigenvalue weighted by molar-refractivity contribution is 5.75. The summed E-state index contributed by atoms with van der Waals surface area (Å²) in [4.78, 5) is 20.5. The van der Waals surface area contributed by atoms with Gasteiger partial charge in [-0.3, -0.25) is 4.79 Å². The lowest BCUT2D eigenvalue weighted by Gasteiger charge is -2.01. The first-order valence-corrected chi connectivity index (χ1v) is 9.61. The van der Waals surface area contributed by atoms with Gasteiger partial charge < -0.3 is 9.90 Å². The molecular weight excluding hydrogens is 288 g/mol. The van der Waals surface area contributed by atoms with E-state index in [1.165, 1.54) is 57.8 Å².